The van der Waals surface area contributed by atoms with Crippen molar-refractivity contribution >= 4 is 0 Å². The quantitative estimate of drug-likeness (QED) is 0.495. The third-order valence-electron chi connectivity index (χ3n) is 4.77. The van der Waals surface area contributed by atoms with E-state index in [0.717, 1.165) is 11.1 Å². The Hall–Kier alpha value is -2.70. The second-order valence-electron chi connectivity index (χ2n) is 6.27. The third kappa shape index (κ3) is 2.94. The summed E-state index contributed by atoms with van der Waals surface area (Å²) < 4.78 is 0. The van der Waals surface area contributed by atoms with Crippen LogP contribution in [0.5, 0.6) is 0 Å². The van der Waals surface area contributed by atoms with Gasteiger partial charge in [0.1, 0.15) is 0 Å². The largest absolute Gasteiger partial charge is 0.0925 e. The Bertz CT molecular complexity index is 750. The second-order valence-corrected chi connectivity index (χ2v) is 6.27. The number of allylic oxidation sites excluding steroid dienone is 2. The van der Waals surface area contributed by atoms with Gasteiger partial charge in [0.15, 0.2) is 0 Å². The molecule has 0 N–H and O–H groups in total. The molecule has 2 aliphatic carbocycles. The van der Waals surface area contributed by atoms with Gasteiger partial charge in [-0.15, -0.1) is 0 Å². The molecule has 4 atom stereocenters. The highest BCUT2D eigenvalue weighted by atomic mass is 14.4. The second kappa shape index (κ2) is 6.20. The van der Waals surface area contributed by atoms with Crippen molar-refractivity contribution in [3.05, 3.63) is 83.9 Å². The average Bonchev–Trinajstić information content (AvgIpc) is 3.21. The van der Waals surface area contributed by atoms with Gasteiger partial charge in [-0.05, 0) is 42.5 Å². The maximum absolute atomic E-state index is 3.51. The van der Waals surface area contributed by atoms with E-state index in [2.05, 4.69) is 60.1 Å². The fourth-order valence-corrected chi connectivity index (χ4v) is 3.59. The van der Waals surface area contributed by atoms with Crippen LogP contribution < -0.4 is 0 Å². The molecule has 0 aliphatic heterocycles. The van der Waals surface area contributed by atoms with Gasteiger partial charge in [0.25, 0.3) is 0 Å². The van der Waals surface area contributed by atoms with Crippen molar-refractivity contribution in [2.24, 2.45) is 23.7 Å². The summed E-state index contributed by atoms with van der Waals surface area (Å²) in [4.78, 5) is 0. The number of rotatable bonds is 0. The van der Waals surface area contributed by atoms with E-state index >= 15 is 0 Å². The fraction of sp³-hybridized carbons (Fsp3) is 0.217. The van der Waals surface area contributed by atoms with Gasteiger partial charge in [0.05, 0.1) is 0 Å². The summed E-state index contributed by atoms with van der Waals surface area (Å²) in [5, 5.41) is 0. The summed E-state index contributed by atoms with van der Waals surface area (Å²) in [5.74, 6) is 15.6. The van der Waals surface area contributed by atoms with Crippen LogP contribution in [0, 0.1) is 47.4 Å². The first-order valence-corrected chi connectivity index (χ1v) is 8.22. The Morgan fingerprint density at radius 2 is 1.04 bits per heavy atom. The highest BCUT2D eigenvalue weighted by molar-refractivity contribution is 5.39. The molecule has 0 radical (unpaired) electrons. The molecule has 2 bridgehead atoms. The Labute approximate surface area is 138 Å². The van der Waals surface area contributed by atoms with Crippen molar-refractivity contribution in [1.29, 1.82) is 0 Å². The first-order chi connectivity index (χ1) is 11.4. The molecule has 0 spiro atoms. The van der Waals surface area contributed by atoms with Crippen LogP contribution in [-0.2, 0) is 0 Å². The van der Waals surface area contributed by atoms with Gasteiger partial charge in [0.2, 0.25) is 0 Å². The SMILES string of the molecule is C(#C[C@@H]1[C@H](C#Cc2ccccc2)[C@H]2C=C[C@@H]1C2)c1ccccc1. The van der Waals surface area contributed by atoms with Crippen molar-refractivity contribution in [1.82, 2.24) is 0 Å². The molecule has 2 aromatic carbocycles. The first-order valence-electron chi connectivity index (χ1n) is 8.22. The predicted octanol–water partition coefficient (Wildman–Crippen LogP) is 4.53. The van der Waals surface area contributed by atoms with Crippen LogP contribution in [0.3, 0.4) is 0 Å². The van der Waals surface area contributed by atoms with Crippen molar-refractivity contribution in [2.45, 2.75) is 6.42 Å². The van der Waals surface area contributed by atoms with Gasteiger partial charge in [-0.2, -0.15) is 0 Å². The van der Waals surface area contributed by atoms with E-state index < -0.39 is 0 Å². The summed E-state index contributed by atoms with van der Waals surface area (Å²) in [6.07, 6.45) is 5.90. The molecule has 0 nitrogen and oxygen atoms in total. The van der Waals surface area contributed by atoms with Gasteiger partial charge in [0, 0.05) is 23.0 Å². The molecule has 1 saturated carbocycles. The molecule has 0 amide bonds. The summed E-state index contributed by atoms with van der Waals surface area (Å²) in [7, 11) is 0. The topological polar surface area (TPSA) is 0 Å². The summed E-state index contributed by atoms with van der Waals surface area (Å²) in [6.45, 7) is 0. The predicted molar refractivity (Wildman–Crippen MR) is 94.4 cm³/mol. The number of fused-ring (bicyclic) bond motifs is 2. The molecule has 4 rings (SSSR count). The lowest BCUT2D eigenvalue weighted by Gasteiger charge is -2.18. The van der Waals surface area contributed by atoms with Crippen LogP contribution in [-0.4, -0.2) is 0 Å². The van der Waals surface area contributed by atoms with Crippen LogP contribution in [0.1, 0.15) is 17.5 Å². The van der Waals surface area contributed by atoms with Crippen molar-refractivity contribution in [2.75, 3.05) is 0 Å². The molecule has 0 saturated heterocycles. The van der Waals surface area contributed by atoms with Crippen LogP contribution in [0.4, 0.5) is 0 Å². The lowest BCUT2D eigenvalue weighted by molar-refractivity contribution is 0.477. The monoisotopic (exact) mass is 294 g/mol. The van der Waals surface area contributed by atoms with Gasteiger partial charge >= 0.3 is 0 Å². The molecule has 2 aromatic rings. The fourth-order valence-electron chi connectivity index (χ4n) is 3.59. The van der Waals surface area contributed by atoms with Crippen molar-refractivity contribution < 1.29 is 0 Å². The van der Waals surface area contributed by atoms with E-state index in [1.807, 2.05) is 36.4 Å². The van der Waals surface area contributed by atoms with Gasteiger partial charge in [-0.1, -0.05) is 72.2 Å². The molecule has 0 heteroatoms. The Balaban J connectivity index is 1.60. The average molecular weight is 294 g/mol. The van der Waals surface area contributed by atoms with E-state index in [1.165, 1.54) is 6.42 Å². The van der Waals surface area contributed by atoms with E-state index in [4.69, 9.17) is 0 Å². The zero-order chi connectivity index (χ0) is 15.5. The van der Waals surface area contributed by atoms with Crippen LogP contribution in [0.15, 0.2) is 72.8 Å². The zero-order valence-electron chi connectivity index (χ0n) is 12.9. The molecule has 110 valence electrons. The van der Waals surface area contributed by atoms with E-state index in [0.29, 0.717) is 23.7 Å². The smallest absolute Gasteiger partial charge is 0.0413 e. The molecular weight excluding hydrogens is 276 g/mol. The van der Waals surface area contributed by atoms with Crippen LogP contribution in [0.25, 0.3) is 0 Å². The summed E-state index contributed by atoms with van der Waals surface area (Å²) in [6, 6.07) is 20.5. The van der Waals surface area contributed by atoms with Crippen molar-refractivity contribution in [3.8, 4) is 23.7 Å². The lowest BCUT2D eigenvalue weighted by Crippen LogP contribution is -2.16. The lowest BCUT2D eigenvalue weighted by atomic mass is 9.83. The molecule has 0 unspecified atom stereocenters. The minimum Gasteiger partial charge on any atom is -0.0925 e. The van der Waals surface area contributed by atoms with E-state index in [-0.39, 0.29) is 0 Å². The maximum Gasteiger partial charge on any atom is 0.0413 e. The van der Waals surface area contributed by atoms with E-state index in [9.17, 15) is 0 Å². The summed E-state index contributed by atoms with van der Waals surface area (Å²) in [5.41, 5.74) is 2.18. The highest BCUT2D eigenvalue weighted by Crippen LogP contribution is 2.47. The molecule has 0 heterocycles. The summed E-state index contributed by atoms with van der Waals surface area (Å²) >= 11 is 0. The first kappa shape index (κ1) is 13.9. The van der Waals surface area contributed by atoms with Crippen molar-refractivity contribution in [3.63, 3.8) is 0 Å². The third-order valence-corrected chi connectivity index (χ3v) is 4.77. The Morgan fingerprint density at radius 3 is 1.48 bits per heavy atom. The zero-order valence-corrected chi connectivity index (χ0v) is 12.9. The molecule has 2 aliphatic rings. The molecule has 1 fully saturated rings. The number of hydrogen-bond acceptors (Lipinski definition) is 0. The van der Waals surface area contributed by atoms with Crippen LogP contribution in [0.2, 0.25) is 0 Å². The minimum atomic E-state index is 0.362. The van der Waals surface area contributed by atoms with E-state index in [1.54, 1.807) is 0 Å². The molecule has 23 heavy (non-hydrogen) atoms. The molecular formula is C23H18. The van der Waals surface area contributed by atoms with Gasteiger partial charge < -0.3 is 0 Å². The minimum absolute atomic E-state index is 0.362. The highest BCUT2D eigenvalue weighted by Gasteiger charge is 2.42. The van der Waals surface area contributed by atoms with Crippen LogP contribution >= 0.6 is 0 Å². The number of benzene rings is 2. The normalized spacial score (nSPS) is 27.0. The maximum atomic E-state index is 3.51. The number of hydrogen-bond donors (Lipinski definition) is 0. The standard InChI is InChI=1S/C23H18/c1-3-7-18(8-4-1)11-15-22-20-13-14-21(17-20)23(22)16-12-19-9-5-2-6-10-19/h1-10,13-14,20-23H,17H2/t20-,21+,22+,23-. The Kier molecular flexibility index (Phi) is 3.75. The Morgan fingerprint density at radius 1 is 0.609 bits per heavy atom. The molecule has 0 aromatic heterocycles. The van der Waals surface area contributed by atoms with Gasteiger partial charge in [-0.3, -0.25) is 0 Å². The van der Waals surface area contributed by atoms with Gasteiger partial charge in [-0.25, -0.2) is 0 Å².